The second-order valence-electron chi connectivity index (χ2n) is 3.77. The van der Waals surface area contributed by atoms with Gasteiger partial charge in [-0.05, 0) is 32.0 Å². The maximum Gasteiger partial charge on any atom is 0.133 e. The van der Waals surface area contributed by atoms with Gasteiger partial charge in [0.2, 0.25) is 0 Å². The SMILES string of the molecule is CCCNC(C)/C=C/c1ccc(F)cc1F. The van der Waals surface area contributed by atoms with E-state index in [1.807, 2.05) is 13.0 Å². The Labute approximate surface area is 95.2 Å². The van der Waals surface area contributed by atoms with Crippen molar-refractivity contribution >= 4 is 6.08 Å². The lowest BCUT2D eigenvalue weighted by Gasteiger charge is -2.07. The fraction of sp³-hybridized carbons (Fsp3) is 0.385. The lowest BCUT2D eigenvalue weighted by Crippen LogP contribution is -2.24. The van der Waals surface area contributed by atoms with Gasteiger partial charge in [-0.15, -0.1) is 0 Å². The molecule has 0 heterocycles. The molecule has 1 nitrogen and oxygen atoms in total. The zero-order valence-corrected chi connectivity index (χ0v) is 9.63. The average Bonchev–Trinajstić information content (AvgIpc) is 2.25. The number of rotatable bonds is 5. The smallest absolute Gasteiger partial charge is 0.133 e. The van der Waals surface area contributed by atoms with Gasteiger partial charge in [-0.3, -0.25) is 0 Å². The van der Waals surface area contributed by atoms with E-state index in [1.54, 1.807) is 6.08 Å². The minimum Gasteiger partial charge on any atom is -0.311 e. The molecule has 0 aliphatic rings. The summed E-state index contributed by atoms with van der Waals surface area (Å²) in [5.74, 6) is -1.08. The van der Waals surface area contributed by atoms with Gasteiger partial charge >= 0.3 is 0 Å². The Morgan fingerprint density at radius 3 is 2.75 bits per heavy atom. The molecular weight excluding hydrogens is 208 g/mol. The molecule has 0 fully saturated rings. The van der Waals surface area contributed by atoms with E-state index in [0.717, 1.165) is 19.0 Å². The summed E-state index contributed by atoms with van der Waals surface area (Å²) in [6, 6.07) is 3.77. The second kappa shape index (κ2) is 6.38. The summed E-state index contributed by atoms with van der Waals surface area (Å²) in [6.45, 7) is 5.01. The van der Waals surface area contributed by atoms with Gasteiger partial charge in [0.1, 0.15) is 11.6 Å². The third-order valence-electron chi connectivity index (χ3n) is 2.24. The van der Waals surface area contributed by atoms with Gasteiger partial charge in [0.15, 0.2) is 0 Å². The number of hydrogen-bond acceptors (Lipinski definition) is 1. The van der Waals surface area contributed by atoms with Crippen LogP contribution in [0.3, 0.4) is 0 Å². The first-order chi connectivity index (χ1) is 7.63. The van der Waals surface area contributed by atoms with Crippen molar-refractivity contribution in [3.63, 3.8) is 0 Å². The zero-order chi connectivity index (χ0) is 12.0. The standard InChI is InChI=1S/C13H17F2N/c1-3-8-16-10(2)4-5-11-6-7-12(14)9-13(11)15/h4-7,9-10,16H,3,8H2,1-2H3/b5-4+. The van der Waals surface area contributed by atoms with E-state index in [0.29, 0.717) is 5.56 Å². The van der Waals surface area contributed by atoms with E-state index < -0.39 is 11.6 Å². The monoisotopic (exact) mass is 225 g/mol. The van der Waals surface area contributed by atoms with Gasteiger partial charge in [0.05, 0.1) is 0 Å². The molecule has 3 heteroatoms. The first kappa shape index (κ1) is 12.8. The highest BCUT2D eigenvalue weighted by molar-refractivity contribution is 5.50. The van der Waals surface area contributed by atoms with Crippen molar-refractivity contribution in [3.05, 3.63) is 41.5 Å². The van der Waals surface area contributed by atoms with E-state index >= 15 is 0 Å². The molecule has 0 radical (unpaired) electrons. The predicted molar refractivity (Wildman–Crippen MR) is 63.1 cm³/mol. The second-order valence-corrected chi connectivity index (χ2v) is 3.77. The molecule has 0 aliphatic heterocycles. The molecule has 0 aliphatic carbocycles. The van der Waals surface area contributed by atoms with Gasteiger partial charge in [-0.25, -0.2) is 8.78 Å². The van der Waals surface area contributed by atoms with Crippen molar-refractivity contribution in [1.82, 2.24) is 5.32 Å². The number of nitrogens with one attached hydrogen (secondary N) is 1. The highest BCUT2D eigenvalue weighted by atomic mass is 19.1. The van der Waals surface area contributed by atoms with Crippen LogP contribution in [-0.4, -0.2) is 12.6 Å². The molecule has 1 N–H and O–H groups in total. The highest BCUT2D eigenvalue weighted by Gasteiger charge is 2.00. The Bertz CT molecular complexity index is 361. The van der Waals surface area contributed by atoms with Crippen LogP contribution < -0.4 is 5.32 Å². The minimum absolute atomic E-state index is 0.185. The Hall–Kier alpha value is -1.22. The molecule has 88 valence electrons. The molecule has 1 aromatic carbocycles. The van der Waals surface area contributed by atoms with Crippen LogP contribution in [0.2, 0.25) is 0 Å². The van der Waals surface area contributed by atoms with Crippen LogP contribution in [-0.2, 0) is 0 Å². The fourth-order valence-corrected chi connectivity index (χ4v) is 1.32. The first-order valence-electron chi connectivity index (χ1n) is 5.50. The first-order valence-corrected chi connectivity index (χ1v) is 5.50. The van der Waals surface area contributed by atoms with Gasteiger partial charge in [0.25, 0.3) is 0 Å². The van der Waals surface area contributed by atoms with Gasteiger partial charge in [-0.1, -0.05) is 19.1 Å². The average molecular weight is 225 g/mol. The Kier molecular flexibility index (Phi) is 5.12. The summed E-state index contributed by atoms with van der Waals surface area (Å²) in [7, 11) is 0. The summed E-state index contributed by atoms with van der Waals surface area (Å²) >= 11 is 0. The molecule has 0 spiro atoms. The van der Waals surface area contributed by atoms with Crippen molar-refractivity contribution in [2.24, 2.45) is 0 Å². The van der Waals surface area contributed by atoms with Crippen molar-refractivity contribution in [2.45, 2.75) is 26.3 Å². The third kappa shape index (κ3) is 4.11. The van der Waals surface area contributed by atoms with Crippen LogP contribution >= 0.6 is 0 Å². The summed E-state index contributed by atoms with van der Waals surface area (Å²) in [5.41, 5.74) is 0.409. The molecule has 0 amide bonds. The van der Waals surface area contributed by atoms with Crippen molar-refractivity contribution in [2.75, 3.05) is 6.54 Å². The van der Waals surface area contributed by atoms with E-state index in [4.69, 9.17) is 0 Å². The Balaban J connectivity index is 2.61. The maximum atomic E-state index is 13.2. The topological polar surface area (TPSA) is 12.0 Å². The van der Waals surface area contributed by atoms with Crippen LogP contribution in [0.25, 0.3) is 6.08 Å². The zero-order valence-electron chi connectivity index (χ0n) is 9.63. The Morgan fingerprint density at radius 2 is 2.12 bits per heavy atom. The quantitative estimate of drug-likeness (QED) is 0.810. The van der Waals surface area contributed by atoms with Crippen molar-refractivity contribution in [1.29, 1.82) is 0 Å². The molecule has 16 heavy (non-hydrogen) atoms. The molecule has 1 unspecified atom stereocenters. The normalized spacial score (nSPS) is 13.2. The lowest BCUT2D eigenvalue weighted by molar-refractivity contribution is 0.581. The van der Waals surface area contributed by atoms with Crippen LogP contribution in [0.5, 0.6) is 0 Å². The molecule has 0 aromatic heterocycles. The molecule has 1 atom stereocenters. The summed E-state index contributed by atoms with van der Waals surface area (Å²) < 4.78 is 25.9. The highest BCUT2D eigenvalue weighted by Crippen LogP contribution is 2.11. The maximum absolute atomic E-state index is 13.2. The van der Waals surface area contributed by atoms with E-state index in [9.17, 15) is 8.78 Å². The lowest BCUT2D eigenvalue weighted by atomic mass is 10.1. The van der Waals surface area contributed by atoms with Crippen molar-refractivity contribution in [3.8, 4) is 0 Å². The third-order valence-corrected chi connectivity index (χ3v) is 2.24. The van der Waals surface area contributed by atoms with Crippen LogP contribution in [0.1, 0.15) is 25.8 Å². The molecule has 0 saturated heterocycles. The molecule has 1 aromatic rings. The predicted octanol–water partition coefficient (Wildman–Crippen LogP) is 3.37. The van der Waals surface area contributed by atoms with Crippen LogP contribution in [0.15, 0.2) is 24.3 Å². The van der Waals surface area contributed by atoms with Crippen molar-refractivity contribution < 1.29 is 8.78 Å². The number of benzene rings is 1. The van der Waals surface area contributed by atoms with Gasteiger partial charge < -0.3 is 5.32 Å². The summed E-state index contributed by atoms with van der Waals surface area (Å²) in [5, 5.41) is 3.25. The number of halogens is 2. The van der Waals surface area contributed by atoms with E-state index in [1.165, 1.54) is 12.1 Å². The number of hydrogen-bond donors (Lipinski definition) is 1. The van der Waals surface area contributed by atoms with Crippen LogP contribution in [0.4, 0.5) is 8.78 Å². The molecule has 0 bridgehead atoms. The molecular formula is C13H17F2N. The van der Waals surface area contributed by atoms with Gasteiger partial charge in [0, 0.05) is 17.7 Å². The largest absolute Gasteiger partial charge is 0.311 e. The van der Waals surface area contributed by atoms with Gasteiger partial charge in [-0.2, -0.15) is 0 Å². The van der Waals surface area contributed by atoms with E-state index in [-0.39, 0.29) is 6.04 Å². The summed E-state index contributed by atoms with van der Waals surface area (Å²) in [6.07, 6.45) is 4.59. The van der Waals surface area contributed by atoms with E-state index in [2.05, 4.69) is 12.2 Å². The van der Waals surface area contributed by atoms with Crippen LogP contribution in [0, 0.1) is 11.6 Å². The Morgan fingerprint density at radius 1 is 1.38 bits per heavy atom. The summed E-state index contributed by atoms with van der Waals surface area (Å²) in [4.78, 5) is 0. The molecule has 0 saturated carbocycles. The minimum atomic E-state index is -0.549. The fourth-order valence-electron chi connectivity index (χ4n) is 1.32. The molecule has 1 rings (SSSR count).